The highest BCUT2D eigenvalue weighted by molar-refractivity contribution is 6.31. The van der Waals surface area contributed by atoms with E-state index in [1.54, 1.807) is 6.92 Å². The van der Waals surface area contributed by atoms with Gasteiger partial charge in [-0.1, -0.05) is 11.6 Å². The summed E-state index contributed by atoms with van der Waals surface area (Å²) in [7, 11) is 1.42. The fraction of sp³-hybridized carbons (Fsp3) is 0.364. The molecular weight excluding hydrogens is 279 g/mol. The smallest absolute Gasteiger partial charge is 0.325 e. The minimum atomic E-state index is -0.794. The largest absolute Gasteiger partial charge is 0.465 e. The molecule has 0 aliphatic carbocycles. The summed E-state index contributed by atoms with van der Waals surface area (Å²) in [5, 5.41) is 10.5. The lowest BCUT2D eigenvalue weighted by Gasteiger charge is -2.18. The van der Waals surface area contributed by atoms with Crippen LogP contribution >= 0.6 is 11.6 Å². The number of carbonyl (C=O) groups is 1. The molecular formula is C11H12ClFN2O4. The summed E-state index contributed by atoms with van der Waals surface area (Å²) in [5.41, 5.74) is -0.418. The molecule has 0 fully saturated rings. The summed E-state index contributed by atoms with van der Waals surface area (Å²) in [4.78, 5) is 22.7. The second-order valence-corrected chi connectivity index (χ2v) is 4.08. The Morgan fingerprint density at radius 3 is 2.74 bits per heavy atom. The van der Waals surface area contributed by atoms with E-state index in [1.807, 2.05) is 0 Å². The van der Waals surface area contributed by atoms with Crippen molar-refractivity contribution in [2.45, 2.75) is 6.92 Å². The van der Waals surface area contributed by atoms with Crippen molar-refractivity contribution in [3.63, 3.8) is 0 Å². The molecule has 0 radical (unpaired) electrons. The molecule has 1 aromatic rings. The topological polar surface area (TPSA) is 72.7 Å². The summed E-state index contributed by atoms with van der Waals surface area (Å²) >= 11 is 5.50. The molecule has 0 unspecified atom stereocenters. The fourth-order valence-electron chi connectivity index (χ4n) is 1.46. The number of hydrogen-bond acceptors (Lipinski definition) is 5. The van der Waals surface area contributed by atoms with Crippen molar-refractivity contribution < 1.29 is 18.8 Å². The number of ether oxygens (including phenoxy) is 1. The second-order valence-electron chi connectivity index (χ2n) is 3.67. The van der Waals surface area contributed by atoms with Gasteiger partial charge in [0.2, 0.25) is 0 Å². The molecule has 0 atom stereocenters. The molecule has 0 aliphatic heterocycles. The number of halogens is 2. The maximum atomic E-state index is 13.4. The van der Waals surface area contributed by atoms with E-state index in [4.69, 9.17) is 16.3 Å². The number of carbonyl (C=O) groups excluding carboxylic acids is 1. The Balaban J connectivity index is 3.07. The number of esters is 1. The molecule has 0 saturated heterocycles. The second kappa shape index (κ2) is 6.33. The Morgan fingerprint density at radius 1 is 1.58 bits per heavy atom. The molecule has 104 valence electrons. The van der Waals surface area contributed by atoms with Crippen LogP contribution < -0.4 is 4.90 Å². The fourth-order valence-corrected chi connectivity index (χ4v) is 1.62. The standard InChI is InChI=1S/C11H12ClFN2O4/c1-3-19-11(16)6-14(2)9-5-8(13)7(12)4-10(9)15(17)18/h4-5H,3,6H2,1-2H3. The maximum Gasteiger partial charge on any atom is 0.325 e. The molecule has 0 aromatic heterocycles. The Labute approximate surface area is 113 Å². The van der Waals surface area contributed by atoms with Gasteiger partial charge in [-0.05, 0) is 6.92 Å². The molecule has 0 aliphatic rings. The summed E-state index contributed by atoms with van der Waals surface area (Å²) in [6, 6.07) is 1.83. The van der Waals surface area contributed by atoms with Gasteiger partial charge in [0.25, 0.3) is 5.69 Å². The van der Waals surface area contributed by atoms with Gasteiger partial charge in [0.1, 0.15) is 18.0 Å². The summed E-state index contributed by atoms with van der Waals surface area (Å²) in [6.07, 6.45) is 0. The first-order chi connectivity index (χ1) is 8.86. The van der Waals surface area contributed by atoms with Crippen molar-refractivity contribution in [1.82, 2.24) is 0 Å². The van der Waals surface area contributed by atoms with Crippen molar-refractivity contribution in [3.8, 4) is 0 Å². The minimum Gasteiger partial charge on any atom is -0.465 e. The van der Waals surface area contributed by atoms with Crippen LogP contribution in [0, 0.1) is 15.9 Å². The van der Waals surface area contributed by atoms with Crippen LogP contribution in [-0.4, -0.2) is 31.1 Å². The minimum absolute atomic E-state index is 0.0417. The van der Waals surface area contributed by atoms with Gasteiger partial charge >= 0.3 is 5.97 Å². The third kappa shape index (κ3) is 3.78. The van der Waals surface area contributed by atoms with Gasteiger partial charge in [0.05, 0.1) is 16.6 Å². The lowest BCUT2D eigenvalue weighted by atomic mass is 10.2. The zero-order valence-electron chi connectivity index (χ0n) is 10.4. The summed E-state index contributed by atoms with van der Waals surface area (Å²) in [5.74, 6) is -1.35. The lowest BCUT2D eigenvalue weighted by Crippen LogP contribution is -2.27. The van der Waals surface area contributed by atoms with Gasteiger partial charge in [-0.25, -0.2) is 4.39 Å². The molecule has 0 saturated carbocycles. The highest BCUT2D eigenvalue weighted by Crippen LogP contribution is 2.32. The zero-order valence-corrected chi connectivity index (χ0v) is 11.1. The average molecular weight is 291 g/mol. The van der Waals surface area contributed by atoms with E-state index >= 15 is 0 Å². The first-order valence-electron chi connectivity index (χ1n) is 5.37. The van der Waals surface area contributed by atoms with Gasteiger partial charge in [-0.15, -0.1) is 0 Å². The molecule has 1 rings (SSSR count). The van der Waals surface area contributed by atoms with Crippen LogP contribution in [0.5, 0.6) is 0 Å². The van der Waals surface area contributed by atoms with Gasteiger partial charge < -0.3 is 9.64 Å². The van der Waals surface area contributed by atoms with Crippen LogP contribution in [0.25, 0.3) is 0 Å². The Morgan fingerprint density at radius 2 is 2.21 bits per heavy atom. The van der Waals surface area contributed by atoms with Crippen LogP contribution in [0.2, 0.25) is 5.02 Å². The number of benzene rings is 1. The van der Waals surface area contributed by atoms with E-state index in [-0.39, 0.29) is 29.5 Å². The van der Waals surface area contributed by atoms with Gasteiger partial charge in [-0.3, -0.25) is 14.9 Å². The van der Waals surface area contributed by atoms with Gasteiger partial charge in [0, 0.05) is 19.2 Å². The lowest BCUT2D eigenvalue weighted by molar-refractivity contribution is -0.384. The summed E-state index contributed by atoms with van der Waals surface area (Å²) in [6.45, 7) is 1.61. The number of nitrogens with zero attached hydrogens (tertiary/aromatic N) is 2. The molecule has 19 heavy (non-hydrogen) atoms. The van der Waals surface area contributed by atoms with Crippen molar-refractivity contribution in [2.75, 3.05) is 25.1 Å². The number of hydrogen-bond donors (Lipinski definition) is 0. The number of nitro groups is 1. The van der Waals surface area contributed by atoms with Crippen molar-refractivity contribution >= 4 is 28.9 Å². The molecule has 0 spiro atoms. The third-order valence-electron chi connectivity index (χ3n) is 2.30. The number of anilines is 1. The monoisotopic (exact) mass is 290 g/mol. The van der Waals surface area contributed by atoms with Crippen molar-refractivity contribution in [1.29, 1.82) is 0 Å². The first-order valence-corrected chi connectivity index (χ1v) is 5.74. The predicted octanol–water partition coefficient (Wildman–Crippen LogP) is 2.39. The molecule has 6 nitrogen and oxygen atoms in total. The predicted molar refractivity (Wildman–Crippen MR) is 68.0 cm³/mol. The molecule has 1 aromatic carbocycles. The molecule has 0 heterocycles. The van der Waals surface area contributed by atoms with Crippen LogP contribution in [0.3, 0.4) is 0 Å². The van der Waals surface area contributed by atoms with E-state index in [2.05, 4.69) is 0 Å². The Hall–Kier alpha value is -1.89. The van der Waals surface area contributed by atoms with Gasteiger partial charge in [0.15, 0.2) is 0 Å². The Kier molecular flexibility index (Phi) is 5.05. The molecule has 0 N–H and O–H groups in total. The van der Waals surface area contributed by atoms with E-state index in [0.717, 1.165) is 12.1 Å². The van der Waals surface area contributed by atoms with Crippen LogP contribution in [0.1, 0.15) is 6.92 Å². The molecule has 8 heteroatoms. The van der Waals surface area contributed by atoms with Gasteiger partial charge in [-0.2, -0.15) is 0 Å². The SMILES string of the molecule is CCOC(=O)CN(C)c1cc(F)c(Cl)cc1[N+](=O)[O-]. The van der Waals surface area contributed by atoms with E-state index in [0.29, 0.717) is 0 Å². The molecule has 0 amide bonds. The van der Waals surface area contributed by atoms with E-state index in [9.17, 15) is 19.3 Å². The number of nitro benzene ring substituents is 1. The van der Waals surface area contributed by atoms with E-state index in [1.165, 1.54) is 11.9 Å². The molecule has 0 bridgehead atoms. The van der Waals surface area contributed by atoms with E-state index < -0.39 is 16.7 Å². The first kappa shape index (κ1) is 15.2. The zero-order chi connectivity index (χ0) is 14.6. The van der Waals surface area contributed by atoms with Crippen LogP contribution in [0.15, 0.2) is 12.1 Å². The maximum absolute atomic E-state index is 13.4. The van der Waals surface area contributed by atoms with Crippen LogP contribution in [0.4, 0.5) is 15.8 Å². The average Bonchev–Trinajstić information content (AvgIpc) is 2.31. The number of rotatable bonds is 5. The Bertz CT molecular complexity index is 510. The third-order valence-corrected chi connectivity index (χ3v) is 2.59. The normalized spacial score (nSPS) is 10.1. The van der Waals surface area contributed by atoms with Crippen molar-refractivity contribution in [3.05, 3.63) is 33.1 Å². The highest BCUT2D eigenvalue weighted by Gasteiger charge is 2.22. The summed E-state index contributed by atoms with van der Waals surface area (Å²) < 4.78 is 18.1. The number of likely N-dealkylation sites (N-methyl/N-ethyl adjacent to an activating group) is 1. The van der Waals surface area contributed by atoms with Crippen LogP contribution in [-0.2, 0) is 9.53 Å². The highest BCUT2D eigenvalue weighted by atomic mass is 35.5. The van der Waals surface area contributed by atoms with Crippen molar-refractivity contribution in [2.24, 2.45) is 0 Å². The quantitative estimate of drug-likeness (QED) is 0.473.